The SMILES string of the molecule is CC(c1ccc2ccccc2c1)N1CCNCC1C(=O)O. The lowest BCUT2D eigenvalue weighted by molar-refractivity contribution is -0.145. The maximum atomic E-state index is 11.4. The zero-order valence-electron chi connectivity index (χ0n) is 12.1. The smallest absolute Gasteiger partial charge is 0.322 e. The first kappa shape index (κ1) is 14.0. The summed E-state index contributed by atoms with van der Waals surface area (Å²) in [6.45, 7) is 4.19. The van der Waals surface area contributed by atoms with Crippen molar-refractivity contribution in [3.8, 4) is 0 Å². The number of benzene rings is 2. The molecule has 1 heterocycles. The summed E-state index contributed by atoms with van der Waals surface area (Å²) in [6.07, 6.45) is 0. The second kappa shape index (κ2) is 5.84. The fourth-order valence-corrected chi connectivity index (χ4v) is 3.07. The third kappa shape index (κ3) is 2.77. The monoisotopic (exact) mass is 284 g/mol. The van der Waals surface area contributed by atoms with Crippen LogP contribution in [0.1, 0.15) is 18.5 Å². The van der Waals surface area contributed by atoms with E-state index in [1.807, 2.05) is 12.1 Å². The Bertz CT molecular complexity index is 656. The molecule has 0 radical (unpaired) electrons. The van der Waals surface area contributed by atoms with Gasteiger partial charge in [-0.3, -0.25) is 9.69 Å². The van der Waals surface area contributed by atoms with Crippen LogP contribution in [0.15, 0.2) is 42.5 Å². The van der Waals surface area contributed by atoms with Gasteiger partial charge in [0, 0.05) is 25.7 Å². The lowest BCUT2D eigenvalue weighted by Gasteiger charge is -2.38. The molecule has 0 aromatic heterocycles. The van der Waals surface area contributed by atoms with Gasteiger partial charge in [0.05, 0.1) is 0 Å². The Balaban J connectivity index is 1.91. The van der Waals surface area contributed by atoms with Crippen LogP contribution in [0.2, 0.25) is 0 Å². The molecule has 2 aromatic carbocycles. The number of carbonyl (C=O) groups is 1. The van der Waals surface area contributed by atoms with E-state index in [4.69, 9.17) is 0 Å². The summed E-state index contributed by atoms with van der Waals surface area (Å²) in [5.41, 5.74) is 1.17. The fourth-order valence-electron chi connectivity index (χ4n) is 3.07. The van der Waals surface area contributed by atoms with Gasteiger partial charge in [-0.1, -0.05) is 36.4 Å². The maximum absolute atomic E-state index is 11.4. The number of carboxylic acids is 1. The molecule has 0 bridgehead atoms. The van der Waals surface area contributed by atoms with Gasteiger partial charge in [-0.2, -0.15) is 0 Å². The Morgan fingerprint density at radius 3 is 2.81 bits per heavy atom. The van der Waals surface area contributed by atoms with Crippen molar-refractivity contribution in [3.63, 3.8) is 0 Å². The number of rotatable bonds is 3. The number of carboxylic acid groups (broad SMARTS) is 1. The topological polar surface area (TPSA) is 52.6 Å². The second-order valence-electron chi connectivity index (χ2n) is 5.58. The molecule has 110 valence electrons. The van der Waals surface area contributed by atoms with Gasteiger partial charge >= 0.3 is 5.97 Å². The van der Waals surface area contributed by atoms with Gasteiger partial charge in [-0.05, 0) is 29.3 Å². The number of aliphatic carboxylic acids is 1. The summed E-state index contributed by atoms with van der Waals surface area (Å²) in [4.78, 5) is 13.5. The molecule has 0 spiro atoms. The molecule has 2 atom stereocenters. The number of nitrogens with one attached hydrogen (secondary N) is 1. The minimum absolute atomic E-state index is 0.0952. The first-order valence-corrected chi connectivity index (χ1v) is 7.35. The lowest BCUT2D eigenvalue weighted by atomic mass is 10.00. The second-order valence-corrected chi connectivity index (χ2v) is 5.58. The predicted molar refractivity (Wildman–Crippen MR) is 83.4 cm³/mol. The summed E-state index contributed by atoms with van der Waals surface area (Å²) < 4.78 is 0. The molecular weight excluding hydrogens is 264 g/mol. The molecule has 0 saturated carbocycles. The number of nitrogens with zero attached hydrogens (tertiary/aromatic N) is 1. The van der Waals surface area contributed by atoms with Crippen LogP contribution in [0.4, 0.5) is 0 Å². The van der Waals surface area contributed by atoms with Crippen LogP contribution in [-0.4, -0.2) is 41.7 Å². The Morgan fingerprint density at radius 2 is 2.05 bits per heavy atom. The van der Waals surface area contributed by atoms with Crippen molar-refractivity contribution in [2.75, 3.05) is 19.6 Å². The zero-order valence-corrected chi connectivity index (χ0v) is 12.1. The summed E-state index contributed by atoms with van der Waals surface area (Å²) in [5, 5.41) is 15.0. The largest absolute Gasteiger partial charge is 0.480 e. The molecule has 0 amide bonds. The molecule has 2 aromatic rings. The molecule has 4 nitrogen and oxygen atoms in total. The Hall–Kier alpha value is -1.91. The van der Waals surface area contributed by atoms with Crippen molar-refractivity contribution in [3.05, 3.63) is 48.0 Å². The zero-order chi connectivity index (χ0) is 14.8. The van der Waals surface area contributed by atoms with E-state index in [1.165, 1.54) is 16.3 Å². The highest BCUT2D eigenvalue weighted by molar-refractivity contribution is 5.83. The number of fused-ring (bicyclic) bond motifs is 1. The highest BCUT2D eigenvalue weighted by Gasteiger charge is 2.32. The van der Waals surface area contributed by atoms with Gasteiger partial charge in [0.2, 0.25) is 0 Å². The number of hydrogen-bond acceptors (Lipinski definition) is 3. The van der Waals surface area contributed by atoms with E-state index in [9.17, 15) is 9.90 Å². The van der Waals surface area contributed by atoms with Gasteiger partial charge in [-0.15, -0.1) is 0 Å². The maximum Gasteiger partial charge on any atom is 0.322 e. The van der Waals surface area contributed by atoms with E-state index < -0.39 is 12.0 Å². The third-order valence-corrected chi connectivity index (χ3v) is 4.32. The molecule has 4 heteroatoms. The first-order chi connectivity index (χ1) is 10.2. The van der Waals surface area contributed by atoms with Crippen molar-refractivity contribution in [1.29, 1.82) is 0 Å². The Labute approximate surface area is 124 Å². The summed E-state index contributed by atoms with van der Waals surface area (Å²) in [5.74, 6) is -0.755. The van der Waals surface area contributed by atoms with E-state index in [0.29, 0.717) is 6.54 Å². The van der Waals surface area contributed by atoms with Crippen molar-refractivity contribution in [1.82, 2.24) is 10.2 Å². The van der Waals surface area contributed by atoms with Gasteiger partial charge in [-0.25, -0.2) is 0 Å². The van der Waals surface area contributed by atoms with Crippen LogP contribution < -0.4 is 5.32 Å². The van der Waals surface area contributed by atoms with Gasteiger partial charge in [0.15, 0.2) is 0 Å². The molecule has 2 unspecified atom stereocenters. The Kier molecular flexibility index (Phi) is 3.90. The molecule has 1 aliphatic rings. The van der Waals surface area contributed by atoms with E-state index >= 15 is 0 Å². The molecule has 1 saturated heterocycles. The van der Waals surface area contributed by atoms with Crippen molar-refractivity contribution < 1.29 is 9.90 Å². The van der Waals surface area contributed by atoms with Crippen LogP contribution in [0, 0.1) is 0 Å². The first-order valence-electron chi connectivity index (χ1n) is 7.35. The highest BCUT2D eigenvalue weighted by atomic mass is 16.4. The minimum atomic E-state index is -0.755. The molecule has 1 fully saturated rings. The normalized spacial score (nSPS) is 21.3. The van der Waals surface area contributed by atoms with Crippen molar-refractivity contribution in [2.24, 2.45) is 0 Å². The fraction of sp³-hybridized carbons (Fsp3) is 0.353. The molecule has 21 heavy (non-hydrogen) atoms. The average molecular weight is 284 g/mol. The predicted octanol–water partition coefficient (Wildman–Crippen LogP) is 2.26. The summed E-state index contributed by atoms with van der Waals surface area (Å²) >= 11 is 0. The van der Waals surface area contributed by atoms with Crippen LogP contribution in [0.25, 0.3) is 10.8 Å². The van der Waals surface area contributed by atoms with E-state index in [-0.39, 0.29) is 6.04 Å². The third-order valence-electron chi connectivity index (χ3n) is 4.32. The van der Waals surface area contributed by atoms with Crippen LogP contribution in [0.3, 0.4) is 0 Å². The highest BCUT2D eigenvalue weighted by Crippen LogP contribution is 2.26. The van der Waals surface area contributed by atoms with Crippen LogP contribution in [-0.2, 0) is 4.79 Å². The van der Waals surface area contributed by atoms with Gasteiger partial charge < -0.3 is 10.4 Å². The number of hydrogen-bond donors (Lipinski definition) is 2. The minimum Gasteiger partial charge on any atom is -0.480 e. The van der Waals surface area contributed by atoms with Gasteiger partial charge in [0.1, 0.15) is 6.04 Å². The van der Waals surface area contributed by atoms with E-state index in [1.54, 1.807) is 0 Å². The molecule has 0 aliphatic carbocycles. The van der Waals surface area contributed by atoms with Crippen LogP contribution in [0.5, 0.6) is 0 Å². The lowest BCUT2D eigenvalue weighted by Crippen LogP contribution is -2.55. The van der Waals surface area contributed by atoms with Crippen molar-refractivity contribution >= 4 is 16.7 Å². The number of piperazine rings is 1. The molecule has 3 rings (SSSR count). The van der Waals surface area contributed by atoms with Gasteiger partial charge in [0.25, 0.3) is 0 Å². The molecule has 1 aliphatic heterocycles. The molecule has 2 N–H and O–H groups in total. The summed E-state index contributed by atoms with van der Waals surface area (Å²) in [6, 6.07) is 14.3. The molecular formula is C17H20N2O2. The van der Waals surface area contributed by atoms with Crippen LogP contribution >= 0.6 is 0 Å². The Morgan fingerprint density at radius 1 is 1.29 bits per heavy atom. The quantitative estimate of drug-likeness (QED) is 0.908. The summed E-state index contributed by atoms with van der Waals surface area (Å²) in [7, 11) is 0. The van der Waals surface area contributed by atoms with E-state index in [2.05, 4.69) is 47.5 Å². The standard InChI is InChI=1S/C17H20N2O2/c1-12(19-9-8-18-11-16(19)17(20)21)14-7-6-13-4-2-3-5-15(13)10-14/h2-7,10,12,16,18H,8-9,11H2,1H3,(H,20,21). The van der Waals surface area contributed by atoms with Crippen molar-refractivity contribution in [2.45, 2.75) is 19.0 Å². The van der Waals surface area contributed by atoms with E-state index in [0.717, 1.165) is 13.1 Å². The average Bonchev–Trinajstić information content (AvgIpc) is 2.53.